The van der Waals surface area contributed by atoms with Crippen molar-refractivity contribution in [3.63, 3.8) is 0 Å². The summed E-state index contributed by atoms with van der Waals surface area (Å²) in [7, 11) is -36.1. The maximum Gasteiger partial charge on any atom is 0.470 e. The molecule has 0 heterocycles. The Balaban J connectivity index is 0.00000149. The molecule has 0 saturated heterocycles. The minimum atomic E-state index is -6.02. The summed E-state index contributed by atoms with van der Waals surface area (Å²) in [4.78, 5) is 110. The van der Waals surface area contributed by atoms with Crippen LogP contribution in [0.15, 0.2) is 0 Å². The van der Waals surface area contributed by atoms with Gasteiger partial charge in [-0.25, -0.2) is 27.4 Å². The third-order valence-electron chi connectivity index (χ3n) is 6.20. The molecule has 12 N–H and O–H groups in total. The SMILES string of the molecule is CCCCCCCCCCC[CH2][K].O=P(O)(O)O[C@H]1[C@H](OP(=O)(O)O)[C@@H](OP(=O)(O)O)[C@H](OP(=O)(O)O)[C@@H](OP(=O)(O)O)[C@H]1OP(=O)(O)O. The van der Waals surface area contributed by atoms with E-state index in [1.807, 2.05) is 0 Å². The third kappa shape index (κ3) is 26.7. The second-order valence-corrected chi connectivity index (χ2v) is 19.3. The number of hydrogen-bond donors (Lipinski definition) is 12. The second-order valence-electron chi connectivity index (χ2n) is 10.5. The van der Waals surface area contributed by atoms with Gasteiger partial charge in [-0.1, -0.05) is 0 Å². The first-order chi connectivity index (χ1) is 22.0. The molecule has 49 heavy (non-hydrogen) atoms. The molecule has 0 aromatic heterocycles. The fraction of sp³-hybridized carbons (Fsp3) is 1.00. The van der Waals surface area contributed by atoms with Gasteiger partial charge in [-0.05, 0) is 0 Å². The van der Waals surface area contributed by atoms with E-state index in [2.05, 4.69) is 34.1 Å². The van der Waals surface area contributed by atoms with Gasteiger partial charge in [-0.3, -0.25) is 27.1 Å². The predicted octanol–water partition coefficient (Wildman–Crippen LogP) is 1.36. The van der Waals surface area contributed by atoms with Crippen LogP contribution in [0.5, 0.6) is 0 Å². The molecule has 0 atom stereocenters. The van der Waals surface area contributed by atoms with E-state index in [1.165, 1.54) is 64.2 Å². The molecular formula is C18H43KO24P6. The van der Waals surface area contributed by atoms with Gasteiger partial charge in [-0.2, -0.15) is 0 Å². The summed E-state index contributed by atoms with van der Waals surface area (Å²) in [5, 5.41) is 0. The summed E-state index contributed by atoms with van der Waals surface area (Å²) in [5.41, 5.74) is 0. The van der Waals surface area contributed by atoms with Crippen LogP contribution in [-0.2, 0) is 54.5 Å². The van der Waals surface area contributed by atoms with E-state index < -0.39 is 83.6 Å². The number of rotatable bonds is 22. The first-order valence-electron chi connectivity index (χ1n) is 14.4. The quantitative estimate of drug-likeness (QED) is 0.0415. The zero-order valence-corrected chi connectivity index (χ0v) is 34.7. The van der Waals surface area contributed by atoms with E-state index in [4.69, 9.17) is 58.7 Å². The van der Waals surface area contributed by atoms with Crippen LogP contribution in [0.1, 0.15) is 71.1 Å². The molecule has 1 rings (SSSR count). The number of phosphoric ester groups is 6. The van der Waals surface area contributed by atoms with E-state index in [0.717, 1.165) is 49.0 Å². The van der Waals surface area contributed by atoms with Gasteiger partial charge in [0.1, 0.15) is 36.6 Å². The smallest absolute Gasteiger partial charge is 0.303 e. The molecule has 0 aromatic rings. The van der Waals surface area contributed by atoms with Crippen LogP contribution in [-0.4, -0.2) is 144 Å². The van der Waals surface area contributed by atoms with Crippen molar-refractivity contribution in [1.29, 1.82) is 0 Å². The molecule has 290 valence electrons. The molecule has 0 radical (unpaired) electrons. The van der Waals surface area contributed by atoms with E-state index >= 15 is 0 Å². The first-order valence-corrected chi connectivity index (χ1v) is 25.8. The van der Waals surface area contributed by atoms with Gasteiger partial charge in [0, 0.05) is 0 Å². The summed E-state index contributed by atoms with van der Waals surface area (Å²) in [6.45, 7) is 2.29. The van der Waals surface area contributed by atoms with Crippen molar-refractivity contribution in [3.05, 3.63) is 0 Å². The summed E-state index contributed by atoms with van der Waals surface area (Å²) < 4.78 is 94.7. The van der Waals surface area contributed by atoms with Crippen LogP contribution >= 0.6 is 46.9 Å². The Kier molecular flexibility index (Phi) is 23.8. The van der Waals surface area contributed by atoms with Gasteiger partial charge < -0.3 is 58.7 Å². The van der Waals surface area contributed by atoms with Crippen molar-refractivity contribution in [2.75, 3.05) is 0 Å². The van der Waals surface area contributed by atoms with Crippen LogP contribution in [0.25, 0.3) is 0 Å². The minimum Gasteiger partial charge on any atom is -0.303 e. The second kappa shape index (κ2) is 22.8. The fourth-order valence-corrected chi connectivity index (χ4v) is 8.65. The Hall–Kier alpha value is 2.30. The normalized spacial score (nSPS) is 24.4. The van der Waals surface area contributed by atoms with Crippen molar-refractivity contribution in [3.8, 4) is 0 Å². The summed E-state index contributed by atoms with van der Waals surface area (Å²) in [6.07, 6.45) is -4.06. The van der Waals surface area contributed by atoms with Gasteiger partial charge in [0.25, 0.3) is 0 Å². The third-order valence-corrected chi connectivity index (χ3v) is 10.4. The van der Waals surface area contributed by atoms with Crippen molar-refractivity contribution >= 4 is 95.9 Å². The molecule has 1 aliphatic carbocycles. The Morgan fingerprint density at radius 2 is 0.531 bits per heavy atom. The summed E-state index contributed by atoms with van der Waals surface area (Å²) in [6, 6.07) is 0. The number of hydrogen-bond acceptors (Lipinski definition) is 12. The van der Waals surface area contributed by atoms with E-state index in [-0.39, 0.29) is 0 Å². The van der Waals surface area contributed by atoms with E-state index in [1.54, 1.807) is 0.515 Å². The van der Waals surface area contributed by atoms with Gasteiger partial charge >= 0.3 is 168 Å². The van der Waals surface area contributed by atoms with Crippen LogP contribution in [0.2, 0.25) is 0.515 Å². The van der Waals surface area contributed by atoms with Gasteiger partial charge in [0.05, 0.1) is 0 Å². The summed E-state index contributed by atoms with van der Waals surface area (Å²) >= 11 is 1.10. The van der Waals surface area contributed by atoms with Crippen molar-refractivity contribution in [2.24, 2.45) is 0 Å². The summed E-state index contributed by atoms with van der Waals surface area (Å²) in [5.74, 6) is 0. The molecular weight excluding hydrogens is 825 g/mol. The van der Waals surface area contributed by atoms with Crippen LogP contribution in [0, 0.1) is 0 Å². The molecule has 1 aliphatic rings. The van der Waals surface area contributed by atoms with Gasteiger partial charge in [0.15, 0.2) is 0 Å². The first kappa shape index (κ1) is 51.3. The Bertz CT molecular complexity index is 1010. The molecule has 0 aliphatic heterocycles. The monoisotopic (exact) mass is 868 g/mol. The molecule has 0 aromatic carbocycles. The topological polar surface area (TPSA) is 401 Å². The van der Waals surface area contributed by atoms with E-state index in [9.17, 15) is 27.4 Å². The maximum atomic E-state index is 11.4. The maximum absolute atomic E-state index is 11.4. The fourth-order valence-electron chi connectivity index (χ4n) is 4.53. The Labute approximate surface area is 315 Å². The standard InChI is InChI=1S/C12H25.C6H18O24P6.K/c1-3-5-7-9-11-12-10-8-6-4-2;7-31(8,9)25-1-2(26-32(10,11)12)4(28-34(16,17)18)6(30-36(22,23)24)5(29-35(19,20)21)3(1)27-33(13,14)15;/h1,3-12H2,2H3;1-6H,(H2,7,8,9)(H2,10,11,12)(H2,13,14,15)(H2,16,17,18)(H2,19,20,21)(H2,22,23,24);/t;1-,2-,3-,4+,5-,6-;. The van der Waals surface area contributed by atoms with Crippen LogP contribution in [0.3, 0.4) is 0 Å². The molecule has 24 nitrogen and oxygen atoms in total. The Morgan fingerprint density at radius 1 is 0.367 bits per heavy atom. The van der Waals surface area contributed by atoms with Crippen LogP contribution in [0.4, 0.5) is 0 Å². The van der Waals surface area contributed by atoms with E-state index in [0.29, 0.717) is 0 Å². The average molecular weight is 868 g/mol. The molecule has 0 unspecified atom stereocenters. The molecule has 0 bridgehead atoms. The molecule has 0 amide bonds. The Morgan fingerprint density at radius 3 is 0.673 bits per heavy atom. The average Bonchev–Trinajstić information content (AvgIpc) is 2.86. The largest absolute Gasteiger partial charge is 0.470 e. The zero-order valence-electron chi connectivity index (χ0n) is 26.2. The minimum absolute atomic E-state index is 1.10. The number of unbranched alkanes of at least 4 members (excludes halogenated alkanes) is 9. The predicted molar refractivity (Wildman–Crippen MR) is 164 cm³/mol. The molecule has 31 heteroatoms. The van der Waals surface area contributed by atoms with Crippen molar-refractivity contribution < 1.29 is 113 Å². The zero-order chi connectivity index (χ0) is 38.5. The van der Waals surface area contributed by atoms with Crippen molar-refractivity contribution in [2.45, 2.75) is 108 Å². The molecule has 1 fully saturated rings. The van der Waals surface area contributed by atoms with Gasteiger partial charge in [-0.15, -0.1) is 0 Å². The molecule has 0 spiro atoms. The number of phosphoric acid groups is 6. The van der Waals surface area contributed by atoms with Crippen LogP contribution < -0.4 is 0 Å². The molecule has 1 saturated carbocycles. The van der Waals surface area contributed by atoms with Crippen molar-refractivity contribution in [1.82, 2.24) is 0 Å². The van der Waals surface area contributed by atoms with Gasteiger partial charge in [0.2, 0.25) is 0 Å².